The van der Waals surface area contributed by atoms with Gasteiger partial charge >= 0.3 is 0 Å². The van der Waals surface area contributed by atoms with E-state index in [0.717, 1.165) is 11.5 Å². The Hall–Kier alpha value is -1.18. The first-order valence-corrected chi connectivity index (χ1v) is 22.2. The highest BCUT2D eigenvalue weighted by Crippen LogP contribution is 2.50. The molecule has 0 aliphatic rings. The average Bonchev–Trinajstić information content (AvgIpc) is 2.64. The van der Waals surface area contributed by atoms with Crippen LogP contribution in [0.25, 0.3) is 0 Å². The lowest BCUT2D eigenvalue weighted by atomic mass is 9.80. The van der Waals surface area contributed by atoms with Crippen molar-refractivity contribution in [2.75, 3.05) is 0 Å². The predicted octanol–water partition coefficient (Wildman–Crippen LogP) is 11.5. The Morgan fingerprint density at radius 3 is 0.949 bits per heavy atom. The summed E-state index contributed by atoms with van der Waals surface area (Å²) >= 11 is 1.84. The number of hydrogen-bond acceptors (Lipinski definition) is 3. The first kappa shape index (κ1) is 34.0. The largest absolute Gasteiger partial charge is 0.543 e. The molecule has 2 nitrogen and oxygen atoms in total. The van der Waals surface area contributed by atoms with Crippen molar-refractivity contribution in [3.63, 3.8) is 0 Å². The monoisotopic (exact) mass is 586 g/mol. The lowest BCUT2D eigenvalue weighted by Gasteiger charge is -2.34. The van der Waals surface area contributed by atoms with Crippen molar-refractivity contribution in [1.29, 1.82) is 0 Å². The Balaban J connectivity index is 3.06. The normalized spacial score (nSPS) is 14.0. The highest BCUT2D eigenvalue weighted by Gasteiger charge is 2.33. The molecule has 0 radical (unpaired) electrons. The van der Waals surface area contributed by atoms with E-state index in [2.05, 4.69) is 147 Å². The van der Waals surface area contributed by atoms with Crippen molar-refractivity contribution in [2.45, 2.75) is 154 Å². The third-order valence-corrected chi connectivity index (χ3v) is 9.17. The second kappa shape index (κ2) is 10.9. The summed E-state index contributed by atoms with van der Waals surface area (Å²) in [6, 6.07) is 9.55. The van der Waals surface area contributed by atoms with Crippen molar-refractivity contribution in [3.8, 4) is 11.5 Å². The maximum atomic E-state index is 6.95. The fourth-order valence-electron chi connectivity index (χ4n) is 4.28. The van der Waals surface area contributed by atoms with Gasteiger partial charge in [-0.05, 0) is 95.3 Å². The van der Waals surface area contributed by atoms with Crippen LogP contribution in [0.5, 0.6) is 11.5 Å². The topological polar surface area (TPSA) is 18.5 Å². The molecule has 5 heteroatoms. The standard InChI is InChI=1S/C34H58O2SSi2/c1-31(2,3)23-19-25(33(7,8)9)29(35-38(13,14)15)27(21-23)37-28-22-24(32(4,5)6)20-26(34(10,11)12)30(28)36-39(16,17)18/h19-22H,1-18H3. The average molecular weight is 587 g/mol. The van der Waals surface area contributed by atoms with Crippen LogP contribution in [0.1, 0.15) is 105 Å². The molecule has 0 spiro atoms. The SMILES string of the molecule is CC(C)(C)c1cc(Sc2cc(C(C)(C)C)cc(C(C)(C)C)c2O[Si](C)(C)C)c(O[Si](C)(C)C)c(C(C)(C)C)c1. The minimum absolute atomic E-state index is 0.0223. The van der Waals surface area contributed by atoms with E-state index in [-0.39, 0.29) is 21.7 Å². The van der Waals surface area contributed by atoms with Gasteiger partial charge in [-0.2, -0.15) is 0 Å². The van der Waals surface area contributed by atoms with Crippen LogP contribution in [0.4, 0.5) is 0 Å². The molecule has 0 saturated heterocycles. The van der Waals surface area contributed by atoms with Gasteiger partial charge in [0.15, 0.2) is 0 Å². The molecule has 0 aromatic heterocycles. The zero-order valence-electron chi connectivity index (χ0n) is 28.5. The molecule has 2 rings (SSSR count). The number of benzene rings is 2. The van der Waals surface area contributed by atoms with Gasteiger partial charge in [-0.1, -0.05) is 107 Å². The minimum atomic E-state index is -1.89. The molecular formula is C34H58O2SSi2. The first-order valence-electron chi connectivity index (χ1n) is 14.5. The molecule has 0 saturated carbocycles. The number of hydrogen-bond donors (Lipinski definition) is 0. The maximum Gasteiger partial charge on any atom is 0.242 e. The van der Waals surface area contributed by atoms with Crippen molar-refractivity contribution in [2.24, 2.45) is 0 Å². The Bertz CT molecular complexity index is 1080. The van der Waals surface area contributed by atoms with Crippen LogP contribution >= 0.6 is 11.8 Å². The molecule has 0 bridgehead atoms. The van der Waals surface area contributed by atoms with Gasteiger partial charge in [0.25, 0.3) is 0 Å². The second-order valence-electron chi connectivity index (χ2n) is 17.2. The van der Waals surface area contributed by atoms with Crippen molar-refractivity contribution in [1.82, 2.24) is 0 Å². The van der Waals surface area contributed by atoms with E-state index >= 15 is 0 Å². The van der Waals surface area contributed by atoms with Crippen molar-refractivity contribution in [3.05, 3.63) is 46.5 Å². The molecule has 0 aliphatic carbocycles. The van der Waals surface area contributed by atoms with Gasteiger partial charge in [0, 0.05) is 0 Å². The summed E-state index contributed by atoms with van der Waals surface area (Å²) in [5, 5.41) is 0. The van der Waals surface area contributed by atoms with Crippen LogP contribution in [0.3, 0.4) is 0 Å². The molecule has 39 heavy (non-hydrogen) atoms. The summed E-state index contributed by atoms with van der Waals surface area (Å²) in [5.41, 5.74) is 5.20. The van der Waals surface area contributed by atoms with E-state index in [0.29, 0.717) is 0 Å². The lowest BCUT2D eigenvalue weighted by Crippen LogP contribution is -2.32. The zero-order valence-corrected chi connectivity index (χ0v) is 31.4. The van der Waals surface area contributed by atoms with Gasteiger partial charge in [0.2, 0.25) is 16.6 Å². The summed E-state index contributed by atoms with van der Waals surface area (Å²) in [5.74, 6) is 2.11. The summed E-state index contributed by atoms with van der Waals surface area (Å²) in [6.45, 7) is 41.3. The van der Waals surface area contributed by atoms with Gasteiger partial charge in [-0.25, -0.2) is 0 Å². The maximum absolute atomic E-state index is 6.95. The van der Waals surface area contributed by atoms with E-state index in [4.69, 9.17) is 8.85 Å². The third-order valence-electron chi connectivity index (χ3n) is 6.49. The molecule has 0 heterocycles. The van der Waals surface area contributed by atoms with Gasteiger partial charge in [-0.15, -0.1) is 0 Å². The molecule has 0 amide bonds. The van der Waals surface area contributed by atoms with Crippen LogP contribution in [0.15, 0.2) is 34.1 Å². The van der Waals surface area contributed by atoms with E-state index < -0.39 is 16.6 Å². The lowest BCUT2D eigenvalue weighted by molar-refractivity contribution is 0.490. The van der Waals surface area contributed by atoms with Gasteiger partial charge in [0.1, 0.15) is 11.5 Å². The van der Waals surface area contributed by atoms with E-state index in [1.165, 1.54) is 32.0 Å². The number of rotatable bonds is 6. The Morgan fingerprint density at radius 1 is 0.462 bits per heavy atom. The van der Waals surface area contributed by atoms with Crippen LogP contribution in [0.2, 0.25) is 39.3 Å². The molecule has 0 atom stereocenters. The van der Waals surface area contributed by atoms with Gasteiger partial charge in [0.05, 0.1) is 9.79 Å². The summed E-state index contributed by atoms with van der Waals surface area (Å²) in [7, 11) is -3.78. The Morgan fingerprint density at radius 2 is 0.744 bits per heavy atom. The van der Waals surface area contributed by atoms with E-state index in [1.54, 1.807) is 0 Å². The molecule has 2 aromatic rings. The molecule has 2 aromatic carbocycles. The molecule has 220 valence electrons. The highest BCUT2D eigenvalue weighted by atomic mass is 32.2. The Labute approximate surface area is 248 Å². The quantitative estimate of drug-likeness (QED) is 0.314. The second-order valence-corrected chi connectivity index (χ2v) is 27.2. The zero-order chi connectivity index (χ0) is 30.6. The van der Waals surface area contributed by atoms with Crippen LogP contribution in [-0.4, -0.2) is 16.6 Å². The molecule has 0 N–H and O–H groups in total. The van der Waals surface area contributed by atoms with Crippen LogP contribution in [0, 0.1) is 0 Å². The summed E-state index contributed by atoms with van der Waals surface area (Å²) < 4.78 is 13.9. The smallest absolute Gasteiger partial charge is 0.242 e. The molecule has 0 aliphatic heterocycles. The Kier molecular flexibility index (Phi) is 9.52. The minimum Gasteiger partial charge on any atom is -0.543 e. The van der Waals surface area contributed by atoms with E-state index in [9.17, 15) is 0 Å². The molecule has 0 fully saturated rings. The molecule has 0 unspecified atom stereocenters. The van der Waals surface area contributed by atoms with Crippen molar-refractivity contribution >= 4 is 28.4 Å². The summed E-state index contributed by atoms with van der Waals surface area (Å²) in [6.07, 6.45) is 0. The van der Waals surface area contributed by atoms with Crippen LogP contribution < -0.4 is 8.85 Å². The third kappa shape index (κ3) is 9.43. The van der Waals surface area contributed by atoms with Gasteiger partial charge in [-0.3, -0.25) is 0 Å². The van der Waals surface area contributed by atoms with Crippen molar-refractivity contribution < 1.29 is 8.85 Å². The van der Waals surface area contributed by atoms with E-state index in [1.807, 2.05) is 11.8 Å². The van der Waals surface area contributed by atoms with Crippen LogP contribution in [-0.2, 0) is 21.7 Å². The predicted molar refractivity (Wildman–Crippen MR) is 180 cm³/mol. The fraction of sp³-hybridized carbons (Fsp3) is 0.647. The van der Waals surface area contributed by atoms with Gasteiger partial charge < -0.3 is 8.85 Å². The first-order chi connectivity index (χ1) is 17.1. The molecular weight excluding hydrogens is 529 g/mol. The fourth-order valence-corrected chi connectivity index (χ4v) is 7.19. The summed E-state index contributed by atoms with van der Waals surface area (Å²) in [4.78, 5) is 2.39. The highest BCUT2D eigenvalue weighted by molar-refractivity contribution is 7.99.